The topological polar surface area (TPSA) is 0 Å². The van der Waals surface area contributed by atoms with Gasteiger partial charge >= 0.3 is 6.18 Å². The van der Waals surface area contributed by atoms with E-state index in [-0.39, 0.29) is 5.02 Å². The molecular formula is C12H16ClF3. The Balaban J connectivity index is 0.00000106. The highest BCUT2D eigenvalue weighted by Crippen LogP contribution is 2.36. The summed E-state index contributed by atoms with van der Waals surface area (Å²) in [6.07, 6.45) is -3.01. The van der Waals surface area contributed by atoms with Crippen molar-refractivity contribution >= 4 is 11.6 Å². The highest BCUT2D eigenvalue weighted by atomic mass is 35.5. The Labute approximate surface area is 99.4 Å². The third-order valence-electron chi connectivity index (χ3n) is 1.90. The van der Waals surface area contributed by atoms with E-state index in [4.69, 9.17) is 11.6 Å². The van der Waals surface area contributed by atoms with Gasteiger partial charge in [-0.2, -0.15) is 13.2 Å². The molecule has 0 aliphatic rings. The smallest absolute Gasteiger partial charge is 0.166 e. The summed E-state index contributed by atoms with van der Waals surface area (Å²) in [5, 5.41) is -0.165. The molecular weight excluding hydrogens is 237 g/mol. The molecule has 0 radical (unpaired) electrons. The zero-order chi connectivity index (χ0) is 12.8. The van der Waals surface area contributed by atoms with Gasteiger partial charge in [0.15, 0.2) is 0 Å². The molecule has 0 aromatic heterocycles. The van der Waals surface area contributed by atoms with E-state index in [1.54, 1.807) is 6.07 Å². The lowest BCUT2D eigenvalue weighted by Crippen LogP contribution is -2.06. The Morgan fingerprint density at radius 1 is 1.19 bits per heavy atom. The van der Waals surface area contributed by atoms with Crippen molar-refractivity contribution in [1.29, 1.82) is 0 Å². The molecule has 0 aliphatic heterocycles. The average Bonchev–Trinajstić information content (AvgIpc) is 2.23. The van der Waals surface area contributed by atoms with Crippen LogP contribution in [0.25, 0.3) is 0 Å². The molecule has 0 aliphatic carbocycles. The minimum Gasteiger partial charge on any atom is -0.166 e. The summed E-state index contributed by atoms with van der Waals surface area (Å²) < 4.78 is 37.2. The van der Waals surface area contributed by atoms with Gasteiger partial charge in [0.1, 0.15) is 0 Å². The SMILES string of the molecule is CC.CCCc1cccc(C(F)(F)F)c1Cl. The average molecular weight is 253 g/mol. The van der Waals surface area contributed by atoms with E-state index in [1.165, 1.54) is 6.07 Å². The first kappa shape index (κ1) is 15.3. The maximum atomic E-state index is 12.4. The molecule has 92 valence electrons. The number of halogens is 4. The highest BCUT2D eigenvalue weighted by molar-refractivity contribution is 6.32. The van der Waals surface area contributed by atoms with Gasteiger partial charge in [-0.1, -0.05) is 50.9 Å². The van der Waals surface area contributed by atoms with Crippen molar-refractivity contribution in [2.75, 3.05) is 0 Å². The molecule has 0 bridgehead atoms. The lowest BCUT2D eigenvalue weighted by atomic mass is 10.1. The molecule has 0 saturated heterocycles. The van der Waals surface area contributed by atoms with Crippen molar-refractivity contribution in [3.05, 3.63) is 34.3 Å². The van der Waals surface area contributed by atoms with Crippen molar-refractivity contribution in [1.82, 2.24) is 0 Å². The number of aryl methyl sites for hydroxylation is 1. The van der Waals surface area contributed by atoms with Crippen molar-refractivity contribution in [2.45, 2.75) is 39.8 Å². The van der Waals surface area contributed by atoms with Gasteiger partial charge < -0.3 is 0 Å². The standard InChI is InChI=1S/C10H10ClF3.C2H6/c1-2-4-7-5-3-6-8(9(7)11)10(12,13)14;1-2/h3,5-6H,2,4H2,1H3;1-2H3. The van der Waals surface area contributed by atoms with E-state index in [0.717, 1.165) is 12.5 Å². The molecule has 0 fully saturated rings. The first-order valence-corrected chi connectivity index (χ1v) is 5.69. The van der Waals surface area contributed by atoms with Gasteiger partial charge in [-0.05, 0) is 18.1 Å². The third kappa shape index (κ3) is 4.05. The molecule has 1 rings (SSSR count). The summed E-state index contributed by atoms with van der Waals surface area (Å²) in [4.78, 5) is 0. The minimum absolute atomic E-state index is 0.165. The fourth-order valence-corrected chi connectivity index (χ4v) is 1.59. The molecule has 0 atom stereocenters. The van der Waals surface area contributed by atoms with Crippen LogP contribution < -0.4 is 0 Å². The molecule has 0 saturated carbocycles. The van der Waals surface area contributed by atoms with Crippen LogP contribution in [-0.2, 0) is 12.6 Å². The van der Waals surface area contributed by atoms with E-state index in [1.807, 2.05) is 20.8 Å². The Morgan fingerprint density at radius 2 is 1.75 bits per heavy atom. The Kier molecular flexibility index (Phi) is 6.49. The quantitative estimate of drug-likeness (QED) is 0.667. The van der Waals surface area contributed by atoms with Crippen LogP contribution in [-0.4, -0.2) is 0 Å². The maximum absolute atomic E-state index is 12.4. The van der Waals surface area contributed by atoms with Crippen LogP contribution >= 0.6 is 11.6 Å². The fraction of sp³-hybridized carbons (Fsp3) is 0.500. The van der Waals surface area contributed by atoms with Gasteiger partial charge in [-0.25, -0.2) is 0 Å². The van der Waals surface area contributed by atoms with Crippen LogP contribution in [0, 0.1) is 0 Å². The van der Waals surface area contributed by atoms with E-state index in [2.05, 4.69) is 0 Å². The number of alkyl halides is 3. The molecule has 0 nitrogen and oxygen atoms in total. The van der Waals surface area contributed by atoms with Gasteiger partial charge in [-0.15, -0.1) is 0 Å². The van der Waals surface area contributed by atoms with E-state index >= 15 is 0 Å². The van der Waals surface area contributed by atoms with Gasteiger partial charge in [0, 0.05) is 0 Å². The largest absolute Gasteiger partial charge is 0.417 e. The number of hydrogen-bond donors (Lipinski definition) is 0. The first-order valence-electron chi connectivity index (χ1n) is 5.31. The second kappa shape index (κ2) is 6.79. The molecule has 0 amide bonds. The number of rotatable bonds is 2. The Hall–Kier alpha value is -0.700. The minimum atomic E-state index is -4.36. The summed E-state index contributed by atoms with van der Waals surface area (Å²) in [5.74, 6) is 0. The van der Waals surface area contributed by atoms with Gasteiger partial charge in [0.2, 0.25) is 0 Å². The van der Waals surface area contributed by atoms with Gasteiger partial charge in [-0.3, -0.25) is 0 Å². The molecule has 0 unspecified atom stereocenters. The van der Waals surface area contributed by atoms with Crippen LogP contribution in [0.4, 0.5) is 13.2 Å². The lowest BCUT2D eigenvalue weighted by molar-refractivity contribution is -0.137. The molecule has 0 spiro atoms. The summed E-state index contributed by atoms with van der Waals surface area (Å²) in [7, 11) is 0. The second-order valence-electron chi connectivity index (χ2n) is 3.03. The molecule has 1 aromatic rings. The van der Waals surface area contributed by atoms with Crippen LogP contribution in [0.15, 0.2) is 18.2 Å². The second-order valence-corrected chi connectivity index (χ2v) is 3.40. The number of benzene rings is 1. The van der Waals surface area contributed by atoms with E-state index in [0.29, 0.717) is 12.0 Å². The van der Waals surface area contributed by atoms with Crippen LogP contribution in [0.5, 0.6) is 0 Å². The Morgan fingerprint density at radius 3 is 2.19 bits per heavy atom. The lowest BCUT2D eigenvalue weighted by Gasteiger charge is -2.11. The highest BCUT2D eigenvalue weighted by Gasteiger charge is 2.33. The predicted molar refractivity (Wildman–Crippen MR) is 61.8 cm³/mol. The summed E-state index contributed by atoms with van der Waals surface area (Å²) in [5.41, 5.74) is -0.186. The molecule has 4 heteroatoms. The summed E-state index contributed by atoms with van der Waals surface area (Å²) in [6.45, 7) is 5.90. The monoisotopic (exact) mass is 252 g/mol. The van der Waals surface area contributed by atoms with Crippen LogP contribution in [0.1, 0.15) is 38.3 Å². The van der Waals surface area contributed by atoms with Crippen molar-refractivity contribution in [2.24, 2.45) is 0 Å². The van der Waals surface area contributed by atoms with Crippen molar-refractivity contribution in [3.63, 3.8) is 0 Å². The molecule has 16 heavy (non-hydrogen) atoms. The predicted octanol–water partition coefficient (Wildman–Crippen LogP) is 5.34. The molecule has 0 N–H and O–H groups in total. The van der Waals surface area contributed by atoms with E-state index < -0.39 is 11.7 Å². The van der Waals surface area contributed by atoms with Crippen molar-refractivity contribution in [3.8, 4) is 0 Å². The van der Waals surface area contributed by atoms with Gasteiger partial charge in [0.25, 0.3) is 0 Å². The molecule has 0 heterocycles. The molecule has 1 aromatic carbocycles. The zero-order valence-electron chi connectivity index (χ0n) is 9.66. The van der Waals surface area contributed by atoms with Crippen LogP contribution in [0.2, 0.25) is 5.02 Å². The normalized spacial score (nSPS) is 10.7. The van der Waals surface area contributed by atoms with E-state index in [9.17, 15) is 13.2 Å². The maximum Gasteiger partial charge on any atom is 0.417 e. The number of hydrogen-bond acceptors (Lipinski definition) is 0. The van der Waals surface area contributed by atoms with Crippen molar-refractivity contribution < 1.29 is 13.2 Å². The van der Waals surface area contributed by atoms with Crippen LogP contribution in [0.3, 0.4) is 0 Å². The third-order valence-corrected chi connectivity index (χ3v) is 2.35. The van der Waals surface area contributed by atoms with Gasteiger partial charge in [0.05, 0.1) is 10.6 Å². The first-order chi connectivity index (χ1) is 7.46. The summed E-state index contributed by atoms with van der Waals surface area (Å²) in [6, 6.07) is 4.02. The summed E-state index contributed by atoms with van der Waals surface area (Å²) >= 11 is 5.65. The Bertz CT molecular complexity index is 319. The fourth-order valence-electron chi connectivity index (χ4n) is 1.26. The zero-order valence-corrected chi connectivity index (χ0v) is 10.4.